The highest BCUT2D eigenvalue weighted by Crippen LogP contribution is 1.61. The Kier molecular flexibility index (Phi) is 25.3. The molecule has 7 nitrogen and oxygen atoms in total. The van der Waals surface area contributed by atoms with Crippen molar-refractivity contribution in [2.75, 3.05) is 6.61 Å². The van der Waals surface area contributed by atoms with Gasteiger partial charge in [0.2, 0.25) is 0 Å². The van der Waals surface area contributed by atoms with E-state index in [4.69, 9.17) is 22.6 Å². The molecule has 9 N–H and O–H groups in total. The van der Waals surface area contributed by atoms with Crippen molar-refractivity contribution in [2.45, 2.75) is 13.3 Å². The first kappa shape index (κ1) is 22.4. The van der Waals surface area contributed by atoms with Crippen LogP contribution in [0.1, 0.15) is 13.3 Å². The van der Waals surface area contributed by atoms with E-state index in [0.29, 0.717) is 6.61 Å². The maximum atomic E-state index is 8.52. The number of rotatable bonds is 1. The summed E-state index contributed by atoms with van der Waals surface area (Å²) >= 11 is 0. The van der Waals surface area contributed by atoms with Gasteiger partial charge in [0.25, 0.3) is 0 Å². The lowest BCUT2D eigenvalue weighted by Gasteiger charge is -2.06. The number of hydrogen-bond donors (Lipinski definition) is 3. The quantitative estimate of drug-likeness (QED) is 0.384. The Morgan fingerprint density at radius 3 is 1.36 bits per heavy atom. The van der Waals surface area contributed by atoms with Crippen LogP contribution in [0.4, 0.5) is 0 Å². The van der Waals surface area contributed by atoms with E-state index >= 15 is 0 Å². The Bertz CT molecular complexity index is 123. The van der Waals surface area contributed by atoms with Crippen molar-refractivity contribution in [2.24, 2.45) is 0 Å². The monoisotopic (exact) mass is 192 g/mol. The average molecular weight is 192 g/mol. The van der Waals surface area contributed by atoms with Crippen LogP contribution >= 0.6 is 0 Å². The van der Waals surface area contributed by atoms with Crippen molar-refractivity contribution in [1.29, 1.82) is 0 Å². The van der Waals surface area contributed by atoms with Gasteiger partial charge in [-0.1, -0.05) is 6.92 Å². The van der Waals surface area contributed by atoms with E-state index in [-0.39, 0.29) is 12.3 Å². The number of aliphatic hydroxyl groups is 1. The standard InChI is InChI=1S/C3H8O.2H3N.H2O4S/c1-2-3-4;;;1-5(2,3)4/h4H,2-3H2,1H3;2*1H3;(H2,1,2,3,4). The Morgan fingerprint density at radius 1 is 1.27 bits per heavy atom. The molecular weight excluding hydrogens is 176 g/mol. The van der Waals surface area contributed by atoms with Crippen molar-refractivity contribution < 1.29 is 22.6 Å². The summed E-state index contributed by atoms with van der Waals surface area (Å²) in [5.74, 6) is 0. The van der Waals surface area contributed by atoms with Crippen LogP contribution in [0.2, 0.25) is 0 Å². The van der Waals surface area contributed by atoms with E-state index in [1.807, 2.05) is 6.92 Å². The highest BCUT2D eigenvalue weighted by molar-refractivity contribution is 7.79. The Balaban J connectivity index is -0.0000000383. The lowest BCUT2D eigenvalue weighted by atomic mass is 10.5. The Morgan fingerprint density at radius 2 is 1.36 bits per heavy atom. The van der Waals surface area contributed by atoms with Gasteiger partial charge >= 0.3 is 0 Å². The summed E-state index contributed by atoms with van der Waals surface area (Å²) in [7, 11) is -5.17. The largest absolute Gasteiger partial charge is 0.759 e. The lowest BCUT2D eigenvalue weighted by Crippen LogP contribution is -1.91. The molecule has 0 amide bonds. The molecule has 0 radical (unpaired) electrons. The molecule has 0 saturated heterocycles. The molecule has 0 aliphatic heterocycles. The first-order valence-electron chi connectivity index (χ1n) is 2.19. The van der Waals surface area contributed by atoms with Gasteiger partial charge in [0.05, 0.1) is 0 Å². The van der Waals surface area contributed by atoms with Gasteiger partial charge in [0.1, 0.15) is 0 Å². The molecule has 0 aromatic rings. The van der Waals surface area contributed by atoms with Crippen LogP contribution in [0.5, 0.6) is 0 Å². The van der Waals surface area contributed by atoms with Gasteiger partial charge in [0, 0.05) is 17.0 Å². The highest BCUT2D eigenvalue weighted by Gasteiger charge is 1.57. The van der Waals surface area contributed by atoms with E-state index in [9.17, 15) is 0 Å². The molecule has 0 aliphatic carbocycles. The van der Waals surface area contributed by atoms with Gasteiger partial charge in [-0.25, -0.2) is 0 Å². The van der Waals surface area contributed by atoms with Gasteiger partial charge in [-0.15, -0.1) is 0 Å². The molecule has 0 saturated carbocycles. The molecule has 0 bridgehead atoms. The Labute approximate surface area is 66.2 Å². The molecule has 0 heterocycles. The van der Waals surface area contributed by atoms with Crippen LogP contribution in [-0.2, 0) is 10.4 Å². The SMILES string of the molecule is CCCO.O=S(=O)([O-])[O-].[NH4+].[NH4+]. The van der Waals surface area contributed by atoms with E-state index in [1.165, 1.54) is 0 Å². The fraction of sp³-hybridized carbons (Fsp3) is 1.00. The molecule has 74 valence electrons. The molecule has 0 unspecified atom stereocenters. The topological polar surface area (TPSA) is 173 Å². The van der Waals surface area contributed by atoms with Crippen LogP contribution in [-0.4, -0.2) is 29.2 Å². The molecule has 0 spiro atoms. The predicted octanol–water partition coefficient (Wildman–Crippen LogP) is -0.197. The molecule has 0 fully saturated rings. The van der Waals surface area contributed by atoms with Crippen molar-refractivity contribution >= 4 is 10.4 Å². The summed E-state index contributed by atoms with van der Waals surface area (Å²) in [5, 5.41) is 7.88. The first-order valence-corrected chi connectivity index (χ1v) is 3.52. The van der Waals surface area contributed by atoms with Crippen LogP contribution in [0.15, 0.2) is 0 Å². The maximum Gasteiger partial charge on any atom is 0.0428 e. The number of aliphatic hydroxyl groups excluding tert-OH is 1. The number of quaternary nitrogens is 2. The van der Waals surface area contributed by atoms with Gasteiger partial charge in [-0.3, -0.25) is 8.42 Å². The summed E-state index contributed by atoms with van der Waals surface area (Å²) in [6.45, 7) is 2.25. The van der Waals surface area contributed by atoms with Gasteiger partial charge in [-0.05, 0) is 6.42 Å². The normalized spacial score (nSPS) is 8.00. The van der Waals surface area contributed by atoms with Crippen molar-refractivity contribution in [1.82, 2.24) is 12.3 Å². The fourth-order valence-corrected chi connectivity index (χ4v) is 0. The summed E-state index contributed by atoms with van der Waals surface area (Å²) < 4.78 is 34.1. The van der Waals surface area contributed by atoms with Gasteiger partial charge in [0.15, 0.2) is 0 Å². The fourth-order valence-electron chi connectivity index (χ4n) is 0. The van der Waals surface area contributed by atoms with Crippen LogP contribution in [0, 0.1) is 0 Å². The van der Waals surface area contributed by atoms with Crippen molar-refractivity contribution in [3.05, 3.63) is 0 Å². The molecule has 8 heteroatoms. The smallest absolute Gasteiger partial charge is 0.0428 e. The number of hydrogen-bond acceptors (Lipinski definition) is 5. The van der Waals surface area contributed by atoms with Crippen molar-refractivity contribution in [3.8, 4) is 0 Å². The highest BCUT2D eigenvalue weighted by atomic mass is 32.3. The molecular formula is C3H16N2O5S. The molecule has 0 aromatic carbocycles. The zero-order valence-electron chi connectivity index (χ0n) is 6.90. The molecule has 11 heavy (non-hydrogen) atoms. The third-order valence-electron chi connectivity index (χ3n) is 0.224. The van der Waals surface area contributed by atoms with Crippen molar-refractivity contribution in [3.63, 3.8) is 0 Å². The summed E-state index contributed by atoms with van der Waals surface area (Å²) in [6, 6.07) is 0. The minimum Gasteiger partial charge on any atom is -0.759 e. The summed E-state index contributed by atoms with van der Waals surface area (Å²) in [4.78, 5) is 0. The summed E-state index contributed by atoms with van der Waals surface area (Å²) in [6.07, 6.45) is 0.875. The minimum atomic E-state index is -5.17. The Hall–Kier alpha value is -0.250. The molecule has 0 aliphatic rings. The summed E-state index contributed by atoms with van der Waals surface area (Å²) in [5.41, 5.74) is 0. The van der Waals surface area contributed by atoms with Gasteiger partial charge in [-0.2, -0.15) is 0 Å². The van der Waals surface area contributed by atoms with Crippen LogP contribution in [0.25, 0.3) is 0 Å². The molecule has 0 atom stereocenters. The second-order valence-corrected chi connectivity index (χ2v) is 1.95. The van der Waals surface area contributed by atoms with Crippen LogP contribution < -0.4 is 12.3 Å². The van der Waals surface area contributed by atoms with Crippen LogP contribution in [0.3, 0.4) is 0 Å². The second kappa shape index (κ2) is 12.4. The second-order valence-electron chi connectivity index (χ2n) is 1.13. The zero-order chi connectivity index (χ0) is 7.91. The van der Waals surface area contributed by atoms with E-state index in [2.05, 4.69) is 0 Å². The third-order valence-corrected chi connectivity index (χ3v) is 0.224. The zero-order valence-corrected chi connectivity index (χ0v) is 7.72. The molecule has 0 aromatic heterocycles. The minimum absolute atomic E-state index is 0. The first-order chi connectivity index (χ1) is 3.91. The van der Waals surface area contributed by atoms with Gasteiger partial charge < -0.3 is 26.5 Å². The lowest BCUT2D eigenvalue weighted by molar-refractivity contribution is 0.295. The van der Waals surface area contributed by atoms with E-state index < -0.39 is 10.4 Å². The maximum absolute atomic E-state index is 8.52. The third kappa shape index (κ3) is 1040. The van der Waals surface area contributed by atoms with E-state index in [1.54, 1.807) is 0 Å². The molecule has 0 rings (SSSR count). The van der Waals surface area contributed by atoms with E-state index in [0.717, 1.165) is 6.42 Å². The predicted molar refractivity (Wildman–Crippen MR) is 39.8 cm³/mol. The average Bonchev–Trinajstić information content (AvgIpc) is 1.61.